The Balaban J connectivity index is 2.61. The first kappa shape index (κ1) is 13.5. The van der Waals surface area contributed by atoms with E-state index in [9.17, 15) is 0 Å². The van der Waals surface area contributed by atoms with Crippen LogP contribution >= 0.6 is 0 Å². The molecule has 17 heavy (non-hydrogen) atoms. The Morgan fingerprint density at radius 3 is 2.53 bits per heavy atom. The van der Waals surface area contributed by atoms with Crippen LogP contribution < -0.4 is 10.1 Å². The van der Waals surface area contributed by atoms with Crippen LogP contribution in [0.25, 0.3) is 0 Å². The smallest absolute Gasteiger partial charge is 0.174 e. The fourth-order valence-corrected chi connectivity index (χ4v) is 1.73. The number of nitriles is 1. The van der Waals surface area contributed by atoms with E-state index in [1.807, 2.05) is 18.2 Å². The van der Waals surface area contributed by atoms with Gasteiger partial charge in [0, 0.05) is 6.04 Å². The highest BCUT2D eigenvalue weighted by molar-refractivity contribution is 5.29. The van der Waals surface area contributed by atoms with Gasteiger partial charge in [-0.2, -0.15) is 5.26 Å². The average Bonchev–Trinajstić information content (AvgIpc) is 2.38. The molecule has 1 aromatic carbocycles. The van der Waals surface area contributed by atoms with Crippen LogP contribution in [0.3, 0.4) is 0 Å². The van der Waals surface area contributed by atoms with Gasteiger partial charge in [-0.05, 0) is 37.1 Å². The standard InChI is InChI=1S/C14H20N2O/c1-3-10-16-14(4-2)12-5-7-13(8-6-12)17-11-9-15/h5-8,14,16H,3-4,10-11H2,1-2H3. The lowest BCUT2D eigenvalue weighted by atomic mass is 10.0. The molecule has 1 atom stereocenters. The number of ether oxygens (including phenoxy) is 1. The van der Waals surface area contributed by atoms with Crippen molar-refractivity contribution >= 4 is 0 Å². The van der Waals surface area contributed by atoms with E-state index in [1.54, 1.807) is 0 Å². The highest BCUT2D eigenvalue weighted by Gasteiger charge is 2.07. The van der Waals surface area contributed by atoms with Gasteiger partial charge in [-0.25, -0.2) is 0 Å². The van der Waals surface area contributed by atoms with Gasteiger partial charge in [-0.1, -0.05) is 26.0 Å². The first-order valence-electron chi connectivity index (χ1n) is 6.14. The Labute approximate surface area is 103 Å². The summed E-state index contributed by atoms with van der Waals surface area (Å²) >= 11 is 0. The third-order valence-electron chi connectivity index (χ3n) is 2.63. The summed E-state index contributed by atoms with van der Waals surface area (Å²) in [6.07, 6.45) is 2.21. The Morgan fingerprint density at radius 2 is 2.00 bits per heavy atom. The van der Waals surface area contributed by atoms with Crippen LogP contribution in [0, 0.1) is 11.3 Å². The van der Waals surface area contributed by atoms with E-state index in [4.69, 9.17) is 10.00 Å². The van der Waals surface area contributed by atoms with E-state index in [-0.39, 0.29) is 6.61 Å². The fourth-order valence-electron chi connectivity index (χ4n) is 1.73. The minimum absolute atomic E-state index is 0.102. The Kier molecular flexibility index (Phi) is 6.13. The number of hydrogen-bond acceptors (Lipinski definition) is 3. The molecule has 1 aromatic rings. The van der Waals surface area contributed by atoms with Gasteiger partial charge in [0.25, 0.3) is 0 Å². The molecular formula is C14H20N2O. The van der Waals surface area contributed by atoms with Crippen molar-refractivity contribution in [1.82, 2.24) is 5.32 Å². The molecule has 3 heteroatoms. The topological polar surface area (TPSA) is 45.0 Å². The monoisotopic (exact) mass is 232 g/mol. The normalized spacial score (nSPS) is 11.8. The highest BCUT2D eigenvalue weighted by Crippen LogP contribution is 2.20. The van der Waals surface area contributed by atoms with Crippen molar-refractivity contribution in [2.75, 3.05) is 13.2 Å². The maximum absolute atomic E-state index is 8.42. The molecule has 0 aromatic heterocycles. The van der Waals surface area contributed by atoms with E-state index in [0.29, 0.717) is 6.04 Å². The molecule has 3 nitrogen and oxygen atoms in total. The SMILES string of the molecule is CCCNC(CC)c1ccc(OCC#N)cc1. The lowest BCUT2D eigenvalue weighted by Crippen LogP contribution is -2.21. The molecule has 92 valence electrons. The summed E-state index contributed by atoms with van der Waals surface area (Å²) in [5.74, 6) is 0.751. The summed E-state index contributed by atoms with van der Waals surface area (Å²) < 4.78 is 5.22. The van der Waals surface area contributed by atoms with Crippen LogP contribution in [-0.2, 0) is 0 Å². The first-order valence-corrected chi connectivity index (χ1v) is 6.14. The number of rotatable bonds is 7. The molecule has 0 radical (unpaired) electrons. The maximum Gasteiger partial charge on any atom is 0.174 e. The van der Waals surface area contributed by atoms with Crippen molar-refractivity contribution in [2.24, 2.45) is 0 Å². The van der Waals surface area contributed by atoms with Crippen LogP contribution in [0.2, 0.25) is 0 Å². The molecular weight excluding hydrogens is 212 g/mol. The number of nitrogens with one attached hydrogen (secondary N) is 1. The quantitative estimate of drug-likeness (QED) is 0.786. The number of hydrogen-bond donors (Lipinski definition) is 1. The molecule has 0 fully saturated rings. The molecule has 1 rings (SSSR count). The molecule has 0 aliphatic heterocycles. The van der Waals surface area contributed by atoms with Crippen molar-refractivity contribution in [3.63, 3.8) is 0 Å². The molecule has 0 aliphatic rings. The zero-order chi connectivity index (χ0) is 12.5. The van der Waals surface area contributed by atoms with Gasteiger partial charge < -0.3 is 10.1 Å². The van der Waals surface area contributed by atoms with E-state index in [1.165, 1.54) is 5.56 Å². The number of nitrogens with zero attached hydrogens (tertiary/aromatic N) is 1. The largest absolute Gasteiger partial charge is 0.479 e. The van der Waals surface area contributed by atoms with E-state index in [2.05, 4.69) is 31.3 Å². The van der Waals surface area contributed by atoms with Gasteiger partial charge in [0.1, 0.15) is 11.8 Å². The van der Waals surface area contributed by atoms with E-state index >= 15 is 0 Å². The van der Waals surface area contributed by atoms with Crippen LogP contribution in [0.5, 0.6) is 5.75 Å². The molecule has 0 aliphatic carbocycles. The predicted octanol–water partition coefficient (Wildman–Crippen LogP) is 3.04. The second-order valence-corrected chi connectivity index (χ2v) is 3.93. The second kappa shape index (κ2) is 7.70. The summed E-state index contributed by atoms with van der Waals surface area (Å²) in [6, 6.07) is 10.3. The minimum Gasteiger partial charge on any atom is -0.479 e. The predicted molar refractivity (Wildman–Crippen MR) is 68.9 cm³/mol. The Hall–Kier alpha value is -1.53. The van der Waals surface area contributed by atoms with Crippen molar-refractivity contribution in [2.45, 2.75) is 32.7 Å². The van der Waals surface area contributed by atoms with Gasteiger partial charge in [0.2, 0.25) is 0 Å². The summed E-state index contributed by atoms with van der Waals surface area (Å²) in [5, 5.41) is 11.9. The lowest BCUT2D eigenvalue weighted by Gasteiger charge is -2.17. The van der Waals surface area contributed by atoms with E-state index < -0.39 is 0 Å². The molecule has 1 unspecified atom stereocenters. The second-order valence-electron chi connectivity index (χ2n) is 3.93. The molecule has 0 amide bonds. The van der Waals surface area contributed by atoms with Crippen LogP contribution in [-0.4, -0.2) is 13.2 Å². The van der Waals surface area contributed by atoms with Crippen molar-refractivity contribution in [3.05, 3.63) is 29.8 Å². The summed E-state index contributed by atoms with van der Waals surface area (Å²) in [5.41, 5.74) is 1.27. The van der Waals surface area contributed by atoms with Crippen LogP contribution in [0.4, 0.5) is 0 Å². The molecule has 0 saturated carbocycles. The van der Waals surface area contributed by atoms with Gasteiger partial charge in [0.05, 0.1) is 0 Å². The first-order chi connectivity index (χ1) is 8.31. The molecule has 0 spiro atoms. The molecule has 1 N–H and O–H groups in total. The zero-order valence-corrected chi connectivity index (χ0v) is 10.6. The number of benzene rings is 1. The highest BCUT2D eigenvalue weighted by atomic mass is 16.5. The van der Waals surface area contributed by atoms with Gasteiger partial charge >= 0.3 is 0 Å². The molecule has 0 bridgehead atoms. The lowest BCUT2D eigenvalue weighted by molar-refractivity contribution is 0.368. The van der Waals surface area contributed by atoms with Gasteiger partial charge in [0.15, 0.2) is 6.61 Å². The third kappa shape index (κ3) is 4.46. The van der Waals surface area contributed by atoms with Gasteiger partial charge in [-0.15, -0.1) is 0 Å². The minimum atomic E-state index is 0.102. The van der Waals surface area contributed by atoms with Crippen molar-refractivity contribution < 1.29 is 4.74 Å². The van der Waals surface area contributed by atoms with Crippen LogP contribution in [0.15, 0.2) is 24.3 Å². The fraction of sp³-hybridized carbons (Fsp3) is 0.500. The Morgan fingerprint density at radius 1 is 1.29 bits per heavy atom. The van der Waals surface area contributed by atoms with Gasteiger partial charge in [-0.3, -0.25) is 0 Å². The molecule has 0 saturated heterocycles. The summed E-state index contributed by atoms with van der Waals surface area (Å²) in [4.78, 5) is 0. The third-order valence-corrected chi connectivity index (χ3v) is 2.63. The maximum atomic E-state index is 8.42. The Bertz CT molecular complexity index is 353. The van der Waals surface area contributed by atoms with Crippen LogP contribution in [0.1, 0.15) is 38.3 Å². The molecule has 0 heterocycles. The summed E-state index contributed by atoms with van der Waals surface area (Å²) in [7, 11) is 0. The average molecular weight is 232 g/mol. The summed E-state index contributed by atoms with van der Waals surface area (Å²) in [6.45, 7) is 5.47. The van der Waals surface area contributed by atoms with E-state index in [0.717, 1.165) is 25.1 Å². The van der Waals surface area contributed by atoms with Crippen molar-refractivity contribution in [1.29, 1.82) is 5.26 Å². The zero-order valence-electron chi connectivity index (χ0n) is 10.6. The van der Waals surface area contributed by atoms with Crippen molar-refractivity contribution in [3.8, 4) is 11.8 Å².